The van der Waals surface area contributed by atoms with Gasteiger partial charge in [-0.05, 0) is 37.8 Å². The van der Waals surface area contributed by atoms with Gasteiger partial charge in [0, 0.05) is 18.8 Å². The summed E-state index contributed by atoms with van der Waals surface area (Å²) < 4.78 is 0. The predicted octanol–water partition coefficient (Wildman–Crippen LogP) is 2.86. The number of benzene rings is 1. The van der Waals surface area contributed by atoms with Crippen molar-refractivity contribution in [2.24, 2.45) is 0 Å². The topological polar surface area (TPSA) is 3.24 Å². The molecule has 69 valence electrons. The molecule has 2 rings (SSSR count). The summed E-state index contributed by atoms with van der Waals surface area (Å²) in [5.41, 5.74) is 2.48. The van der Waals surface area contributed by atoms with Gasteiger partial charge < -0.3 is 4.90 Å². The van der Waals surface area contributed by atoms with E-state index in [0.717, 1.165) is 5.56 Å². The van der Waals surface area contributed by atoms with Crippen LogP contribution in [0.1, 0.15) is 24.8 Å². The zero-order valence-electron chi connectivity index (χ0n) is 8.00. The molecule has 0 saturated carbocycles. The minimum Gasteiger partial charge on any atom is -0.371 e. The smallest absolute Gasteiger partial charge is 0.0398 e. The van der Waals surface area contributed by atoms with Crippen molar-refractivity contribution in [2.75, 3.05) is 18.0 Å². The Hall–Kier alpha value is -0.980. The Labute approximate surface area is 80.4 Å². The molecule has 1 fully saturated rings. The first-order chi connectivity index (χ1) is 6.38. The summed E-state index contributed by atoms with van der Waals surface area (Å²) in [6.45, 7) is 6.46. The number of hydrogen-bond acceptors (Lipinski definition) is 1. The van der Waals surface area contributed by atoms with Crippen LogP contribution in [0.2, 0.25) is 0 Å². The van der Waals surface area contributed by atoms with Crippen LogP contribution in [-0.2, 0) is 0 Å². The zero-order chi connectivity index (χ0) is 9.10. The Balaban J connectivity index is 2.18. The minimum absolute atomic E-state index is 1.16. The molecular formula is C12H16N. The van der Waals surface area contributed by atoms with Crippen LogP contribution in [0.5, 0.6) is 0 Å². The zero-order valence-corrected chi connectivity index (χ0v) is 8.00. The molecule has 1 aromatic carbocycles. The second kappa shape index (κ2) is 3.82. The number of anilines is 1. The van der Waals surface area contributed by atoms with E-state index >= 15 is 0 Å². The molecule has 1 heterocycles. The Bertz CT molecular complexity index is 274. The molecule has 1 aromatic rings. The van der Waals surface area contributed by atoms with Crippen LogP contribution in [0, 0.1) is 6.92 Å². The summed E-state index contributed by atoms with van der Waals surface area (Å²) in [5, 5.41) is 0. The largest absolute Gasteiger partial charge is 0.371 e. The highest BCUT2D eigenvalue weighted by Gasteiger charge is 2.11. The molecule has 0 spiro atoms. The molecule has 1 radical (unpaired) electrons. The van der Waals surface area contributed by atoms with Gasteiger partial charge in [-0.1, -0.05) is 18.2 Å². The summed E-state index contributed by atoms with van der Waals surface area (Å²) >= 11 is 0. The summed E-state index contributed by atoms with van der Waals surface area (Å²) in [7, 11) is 0. The van der Waals surface area contributed by atoms with E-state index in [2.05, 4.69) is 36.1 Å². The van der Waals surface area contributed by atoms with Crippen LogP contribution in [-0.4, -0.2) is 13.1 Å². The molecule has 1 saturated heterocycles. The Morgan fingerprint density at radius 3 is 2.38 bits per heavy atom. The minimum atomic E-state index is 1.16. The lowest BCUT2D eigenvalue weighted by Crippen LogP contribution is -2.29. The molecule has 0 N–H and O–H groups in total. The van der Waals surface area contributed by atoms with E-state index in [1.54, 1.807) is 0 Å². The van der Waals surface area contributed by atoms with Crippen LogP contribution in [0.4, 0.5) is 5.69 Å². The second-order valence-electron chi connectivity index (χ2n) is 3.68. The molecule has 0 unspecified atom stereocenters. The van der Waals surface area contributed by atoms with Crippen LogP contribution in [0.25, 0.3) is 0 Å². The number of nitrogens with zero attached hydrogens (tertiary/aromatic N) is 1. The fraction of sp³-hybridized carbons (Fsp3) is 0.417. The normalized spacial score (nSPS) is 17.5. The Kier molecular flexibility index (Phi) is 2.53. The van der Waals surface area contributed by atoms with Gasteiger partial charge in [-0.3, -0.25) is 0 Å². The third kappa shape index (κ3) is 1.85. The third-order valence-corrected chi connectivity index (χ3v) is 2.69. The molecule has 13 heavy (non-hydrogen) atoms. The average molecular weight is 174 g/mol. The van der Waals surface area contributed by atoms with Gasteiger partial charge in [0.2, 0.25) is 0 Å². The first-order valence-corrected chi connectivity index (χ1v) is 5.04. The number of rotatable bonds is 1. The maximum absolute atomic E-state index is 4.05. The maximum atomic E-state index is 4.05. The fourth-order valence-electron chi connectivity index (χ4n) is 1.95. The lowest BCUT2D eigenvalue weighted by molar-refractivity contribution is 0.577. The van der Waals surface area contributed by atoms with E-state index in [0.29, 0.717) is 0 Å². The van der Waals surface area contributed by atoms with Gasteiger partial charge in [-0.2, -0.15) is 0 Å². The third-order valence-electron chi connectivity index (χ3n) is 2.69. The molecule has 1 aliphatic rings. The molecule has 0 aliphatic carbocycles. The predicted molar refractivity (Wildman–Crippen MR) is 57.0 cm³/mol. The van der Waals surface area contributed by atoms with Crippen molar-refractivity contribution in [3.05, 3.63) is 36.8 Å². The fourth-order valence-corrected chi connectivity index (χ4v) is 1.95. The molecular weight excluding hydrogens is 158 g/mol. The van der Waals surface area contributed by atoms with Crippen molar-refractivity contribution in [1.29, 1.82) is 0 Å². The monoisotopic (exact) mass is 174 g/mol. The van der Waals surface area contributed by atoms with Crippen molar-refractivity contribution in [3.8, 4) is 0 Å². The van der Waals surface area contributed by atoms with Crippen molar-refractivity contribution in [3.63, 3.8) is 0 Å². The number of para-hydroxylation sites is 1. The van der Waals surface area contributed by atoms with E-state index in [1.807, 2.05) is 0 Å². The summed E-state index contributed by atoms with van der Waals surface area (Å²) in [4.78, 5) is 2.45. The number of hydrogen-bond donors (Lipinski definition) is 0. The van der Waals surface area contributed by atoms with Gasteiger partial charge in [-0.25, -0.2) is 0 Å². The van der Waals surface area contributed by atoms with Gasteiger partial charge in [0.05, 0.1) is 0 Å². The van der Waals surface area contributed by atoms with Crippen LogP contribution in [0.15, 0.2) is 24.3 Å². The molecule has 1 heteroatoms. The van der Waals surface area contributed by atoms with Gasteiger partial charge in [-0.15, -0.1) is 0 Å². The van der Waals surface area contributed by atoms with Crippen molar-refractivity contribution < 1.29 is 0 Å². The van der Waals surface area contributed by atoms with Gasteiger partial charge in [0.1, 0.15) is 0 Å². The van der Waals surface area contributed by atoms with E-state index in [4.69, 9.17) is 0 Å². The molecule has 0 atom stereocenters. The van der Waals surface area contributed by atoms with Crippen LogP contribution >= 0.6 is 0 Å². The first kappa shape index (κ1) is 8.61. The quantitative estimate of drug-likeness (QED) is 0.632. The van der Waals surface area contributed by atoms with E-state index in [1.165, 1.54) is 38.0 Å². The summed E-state index contributed by atoms with van der Waals surface area (Å²) in [6, 6.07) is 8.41. The van der Waals surface area contributed by atoms with E-state index in [9.17, 15) is 0 Å². The van der Waals surface area contributed by atoms with Crippen molar-refractivity contribution >= 4 is 5.69 Å². The summed E-state index contributed by atoms with van der Waals surface area (Å²) in [5.74, 6) is 0. The Morgan fingerprint density at radius 1 is 1.00 bits per heavy atom. The molecule has 0 bridgehead atoms. The lowest BCUT2D eigenvalue weighted by Gasteiger charge is -2.29. The lowest BCUT2D eigenvalue weighted by atomic mass is 10.1. The Morgan fingerprint density at radius 2 is 1.69 bits per heavy atom. The van der Waals surface area contributed by atoms with Gasteiger partial charge in [0.15, 0.2) is 0 Å². The molecule has 1 aliphatic heterocycles. The molecule has 0 aromatic heterocycles. The van der Waals surface area contributed by atoms with Gasteiger partial charge in [0.25, 0.3) is 0 Å². The number of piperidine rings is 1. The van der Waals surface area contributed by atoms with Crippen molar-refractivity contribution in [1.82, 2.24) is 0 Å². The average Bonchev–Trinajstić information content (AvgIpc) is 2.20. The van der Waals surface area contributed by atoms with E-state index < -0.39 is 0 Å². The van der Waals surface area contributed by atoms with Crippen LogP contribution < -0.4 is 4.90 Å². The van der Waals surface area contributed by atoms with E-state index in [-0.39, 0.29) is 0 Å². The molecule has 0 amide bonds. The SMILES string of the molecule is [CH2]c1ccccc1N1CCCCC1. The standard InChI is InChI=1S/C12H16N/c1-11-7-3-4-8-12(11)13-9-5-2-6-10-13/h3-4,7-8H,1-2,5-6,9-10H2. The maximum Gasteiger partial charge on any atom is 0.0398 e. The first-order valence-electron chi connectivity index (χ1n) is 5.04. The van der Waals surface area contributed by atoms with Crippen LogP contribution in [0.3, 0.4) is 0 Å². The second-order valence-corrected chi connectivity index (χ2v) is 3.68. The highest BCUT2D eigenvalue weighted by atomic mass is 15.1. The van der Waals surface area contributed by atoms with Crippen molar-refractivity contribution in [2.45, 2.75) is 19.3 Å². The van der Waals surface area contributed by atoms with Gasteiger partial charge >= 0.3 is 0 Å². The highest BCUT2D eigenvalue weighted by Crippen LogP contribution is 2.22. The highest BCUT2D eigenvalue weighted by molar-refractivity contribution is 5.55. The molecule has 1 nitrogen and oxygen atoms in total. The summed E-state index contributed by atoms with van der Waals surface area (Å²) in [6.07, 6.45) is 4.04.